The van der Waals surface area contributed by atoms with Crippen LogP contribution in [0.25, 0.3) is 0 Å². The van der Waals surface area contributed by atoms with Crippen LogP contribution in [0, 0.1) is 10.1 Å². The van der Waals surface area contributed by atoms with Crippen molar-refractivity contribution in [1.29, 1.82) is 0 Å². The van der Waals surface area contributed by atoms with Crippen LogP contribution in [0.2, 0.25) is 0 Å². The molecule has 102 valence electrons. The Labute approximate surface area is 113 Å². The highest BCUT2D eigenvalue weighted by Gasteiger charge is 2.38. The lowest BCUT2D eigenvalue weighted by atomic mass is 9.85. The minimum atomic E-state index is -0.505. The predicted octanol–water partition coefficient (Wildman–Crippen LogP) is 1.01. The number of nitrogens with one attached hydrogen (secondary N) is 1. The Morgan fingerprint density at radius 1 is 1.35 bits per heavy atom. The summed E-state index contributed by atoms with van der Waals surface area (Å²) in [5, 5.41) is 13.4. The van der Waals surface area contributed by atoms with Crippen molar-refractivity contribution in [2.45, 2.75) is 12.3 Å². The average Bonchev–Trinajstić information content (AvgIpc) is 2.79. The van der Waals surface area contributed by atoms with E-state index in [4.69, 9.17) is 4.74 Å². The number of esters is 1. The molecule has 0 spiro atoms. The first kappa shape index (κ1) is 12.3. The number of non-ortho nitro benzene ring substituents is 1. The molecule has 0 bridgehead atoms. The highest BCUT2D eigenvalue weighted by Crippen LogP contribution is 2.37. The van der Waals surface area contributed by atoms with E-state index >= 15 is 0 Å². The van der Waals surface area contributed by atoms with Crippen LogP contribution in [-0.2, 0) is 14.3 Å². The number of hydrogen-bond donors (Lipinski definition) is 1. The summed E-state index contributed by atoms with van der Waals surface area (Å²) in [7, 11) is 0. The van der Waals surface area contributed by atoms with Crippen molar-refractivity contribution >= 4 is 17.6 Å². The number of nitrogens with zero attached hydrogens (tertiary/aromatic N) is 1. The maximum atomic E-state index is 11.8. The van der Waals surface area contributed by atoms with E-state index in [1.807, 2.05) is 0 Å². The third kappa shape index (κ3) is 1.93. The van der Waals surface area contributed by atoms with Crippen LogP contribution < -0.4 is 5.32 Å². The van der Waals surface area contributed by atoms with E-state index in [-0.39, 0.29) is 24.6 Å². The van der Waals surface area contributed by atoms with Crippen LogP contribution >= 0.6 is 0 Å². The lowest BCUT2D eigenvalue weighted by molar-refractivity contribution is -0.384. The molecule has 0 aliphatic carbocycles. The third-order valence-corrected chi connectivity index (χ3v) is 3.40. The van der Waals surface area contributed by atoms with E-state index in [1.54, 1.807) is 12.1 Å². The fraction of sp³-hybridized carbons (Fsp3) is 0.231. The second-order valence-electron chi connectivity index (χ2n) is 4.63. The highest BCUT2D eigenvalue weighted by atomic mass is 16.6. The fourth-order valence-corrected chi connectivity index (χ4v) is 2.52. The van der Waals surface area contributed by atoms with Gasteiger partial charge in [-0.1, -0.05) is 12.1 Å². The molecule has 1 amide bonds. The molecule has 7 heteroatoms. The quantitative estimate of drug-likeness (QED) is 0.493. The maximum absolute atomic E-state index is 11.8. The SMILES string of the molecule is O=C1C[C@H](c2cccc([N+](=O)[O-])c2)C2=C(COC2=O)N1. The number of cyclic esters (lactones) is 1. The molecule has 2 aliphatic rings. The largest absolute Gasteiger partial charge is 0.456 e. The number of ether oxygens (including phenoxy) is 1. The molecule has 1 atom stereocenters. The van der Waals surface area contributed by atoms with Gasteiger partial charge in [-0.3, -0.25) is 14.9 Å². The molecule has 0 saturated heterocycles. The lowest BCUT2D eigenvalue weighted by Gasteiger charge is -2.22. The first-order chi connectivity index (χ1) is 9.56. The number of nitro benzene ring substituents is 1. The Kier molecular flexibility index (Phi) is 2.74. The Bertz CT molecular complexity index is 664. The molecule has 1 N–H and O–H groups in total. The van der Waals surface area contributed by atoms with Crippen molar-refractivity contribution < 1.29 is 19.2 Å². The number of carbonyl (C=O) groups excluding carboxylic acids is 2. The Morgan fingerprint density at radius 3 is 2.90 bits per heavy atom. The molecule has 0 aromatic heterocycles. The van der Waals surface area contributed by atoms with Gasteiger partial charge in [0.1, 0.15) is 6.61 Å². The van der Waals surface area contributed by atoms with Gasteiger partial charge in [-0.15, -0.1) is 0 Å². The van der Waals surface area contributed by atoms with Crippen molar-refractivity contribution in [1.82, 2.24) is 5.32 Å². The average molecular weight is 274 g/mol. The summed E-state index contributed by atoms with van der Waals surface area (Å²) in [6, 6.07) is 5.97. The first-order valence-electron chi connectivity index (χ1n) is 6.00. The number of nitro groups is 1. The summed E-state index contributed by atoms with van der Waals surface area (Å²) >= 11 is 0. The standard InChI is InChI=1S/C13H10N2O5/c16-11-5-9(12-10(14-11)6-20-13(12)17)7-2-1-3-8(4-7)15(18)19/h1-4,9H,5-6H2,(H,14,16)/t9-/m1/s1. The molecule has 3 rings (SSSR count). The summed E-state index contributed by atoms with van der Waals surface area (Å²) < 4.78 is 4.92. The summed E-state index contributed by atoms with van der Waals surface area (Å²) in [5.74, 6) is -1.19. The smallest absolute Gasteiger partial charge is 0.336 e. The van der Waals surface area contributed by atoms with Crippen molar-refractivity contribution in [2.75, 3.05) is 6.61 Å². The van der Waals surface area contributed by atoms with Gasteiger partial charge in [0.05, 0.1) is 16.2 Å². The Hall–Kier alpha value is -2.70. The summed E-state index contributed by atoms with van der Waals surface area (Å²) in [5.41, 5.74) is 1.36. The normalized spacial score (nSPS) is 21.3. The molecule has 20 heavy (non-hydrogen) atoms. The molecular weight excluding hydrogens is 264 g/mol. The zero-order valence-corrected chi connectivity index (χ0v) is 10.3. The second-order valence-corrected chi connectivity index (χ2v) is 4.63. The van der Waals surface area contributed by atoms with E-state index in [0.29, 0.717) is 16.8 Å². The van der Waals surface area contributed by atoms with E-state index in [0.717, 1.165) is 0 Å². The lowest BCUT2D eigenvalue weighted by Crippen LogP contribution is -2.32. The van der Waals surface area contributed by atoms with E-state index < -0.39 is 16.8 Å². The highest BCUT2D eigenvalue weighted by molar-refractivity contribution is 5.98. The van der Waals surface area contributed by atoms with Gasteiger partial charge in [0.25, 0.3) is 5.69 Å². The number of rotatable bonds is 2. The zero-order chi connectivity index (χ0) is 14.3. The summed E-state index contributed by atoms with van der Waals surface area (Å²) in [6.07, 6.45) is 0.0785. The molecule has 1 aromatic carbocycles. The van der Waals surface area contributed by atoms with Gasteiger partial charge in [0.2, 0.25) is 5.91 Å². The number of amides is 1. The third-order valence-electron chi connectivity index (χ3n) is 3.40. The van der Waals surface area contributed by atoms with Crippen LogP contribution in [-0.4, -0.2) is 23.4 Å². The predicted molar refractivity (Wildman–Crippen MR) is 66.6 cm³/mol. The van der Waals surface area contributed by atoms with Gasteiger partial charge in [-0.25, -0.2) is 4.79 Å². The molecule has 1 aromatic rings. The van der Waals surface area contributed by atoms with E-state index in [1.165, 1.54) is 12.1 Å². The molecule has 0 unspecified atom stereocenters. The van der Waals surface area contributed by atoms with Crippen LogP contribution in [0.15, 0.2) is 35.5 Å². The van der Waals surface area contributed by atoms with Gasteiger partial charge < -0.3 is 10.1 Å². The minimum Gasteiger partial charge on any atom is -0.456 e. The fourth-order valence-electron chi connectivity index (χ4n) is 2.52. The summed E-state index contributed by atoms with van der Waals surface area (Å²) in [4.78, 5) is 33.7. The van der Waals surface area contributed by atoms with Crippen LogP contribution in [0.4, 0.5) is 5.69 Å². The molecule has 2 heterocycles. The van der Waals surface area contributed by atoms with Crippen molar-refractivity contribution in [2.24, 2.45) is 0 Å². The molecule has 2 aliphatic heterocycles. The number of hydrogen-bond acceptors (Lipinski definition) is 5. The molecule has 0 fully saturated rings. The van der Waals surface area contributed by atoms with Gasteiger partial charge >= 0.3 is 5.97 Å². The molecular formula is C13H10N2O5. The van der Waals surface area contributed by atoms with Crippen LogP contribution in [0.1, 0.15) is 17.9 Å². The minimum absolute atomic E-state index is 0.0470. The van der Waals surface area contributed by atoms with Gasteiger partial charge in [-0.2, -0.15) is 0 Å². The van der Waals surface area contributed by atoms with Crippen LogP contribution in [0.3, 0.4) is 0 Å². The van der Waals surface area contributed by atoms with Crippen molar-refractivity contribution in [3.63, 3.8) is 0 Å². The number of benzene rings is 1. The molecule has 0 radical (unpaired) electrons. The molecule has 7 nitrogen and oxygen atoms in total. The second kappa shape index (κ2) is 4.44. The zero-order valence-electron chi connectivity index (χ0n) is 10.3. The monoisotopic (exact) mass is 274 g/mol. The number of carbonyl (C=O) groups is 2. The van der Waals surface area contributed by atoms with Gasteiger partial charge in [0.15, 0.2) is 0 Å². The Balaban J connectivity index is 2.06. The first-order valence-corrected chi connectivity index (χ1v) is 6.00. The summed E-state index contributed by atoms with van der Waals surface area (Å²) in [6.45, 7) is 0.0470. The van der Waals surface area contributed by atoms with Crippen LogP contribution in [0.5, 0.6) is 0 Å². The van der Waals surface area contributed by atoms with Crippen molar-refractivity contribution in [3.05, 3.63) is 51.2 Å². The molecule has 0 saturated carbocycles. The van der Waals surface area contributed by atoms with Crippen molar-refractivity contribution in [3.8, 4) is 0 Å². The van der Waals surface area contributed by atoms with E-state index in [2.05, 4.69) is 5.32 Å². The topological polar surface area (TPSA) is 98.5 Å². The van der Waals surface area contributed by atoms with Gasteiger partial charge in [0, 0.05) is 24.5 Å². The maximum Gasteiger partial charge on any atom is 0.336 e. The Morgan fingerprint density at radius 2 is 2.15 bits per heavy atom. The van der Waals surface area contributed by atoms with Gasteiger partial charge in [-0.05, 0) is 5.56 Å². The van der Waals surface area contributed by atoms with E-state index in [9.17, 15) is 19.7 Å².